The lowest BCUT2D eigenvalue weighted by Gasteiger charge is -2.25. The van der Waals surface area contributed by atoms with Crippen LogP contribution in [0.15, 0.2) is 30.7 Å². The van der Waals surface area contributed by atoms with Gasteiger partial charge in [-0.1, -0.05) is 0 Å². The van der Waals surface area contributed by atoms with Gasteiger partial charge in [-0.15, -0.1) is 0 Å². The summed E-state index contributed by atoms with van der Waals surface area (Å²) in [5.74, 6) is -2.23. The molecular weight excluding hydrogens is 411 g/mol. The second kappa shape index (κ2) is 7.50. The molecule has 1 fully saturated rings. The molecule has 1 aliphatic rings. The molecule has 1 amide bonds. The number of halogens is 5. The van der Waals surface area contributed by atoms with Crippen LogP contribution in [0.25, 0.3) is 22.4 Å². The molecule has 0 aliphatic carbocycles. The predicted molar refractivity (Wildman–Crippen MR) is 96.8 cm³/mol. The molecule has 30 heavy (non-hydrogen) atoms. The molecule has 3 aromatic heterocycles. The number of amides is 1. The van der Waals surface area contributed by atoms with E-state index in [0.717, 1.165) is 11.1 Å². The van der Waals surface area contributed by atoms with E-state index in [2.05, 4.69) is 19.9 Å². The number of alkyl halides is 4. The molecule has 0 radical (unpaired) electrons. The minimum Gasteiger partial charge on any atom is -0.345 e. The summed E-state index contributed by atoms with van der Waals surface area (Å²) < 4.78 is 65.8. The van der Waals surface area contributed by atoms with E-state index < -0.39 is 36.7 Å². The molecule has 2 atom stereocenters. The van der Waals surface area contributed by atoms with Crippen molar-refractivity contribution in [1.82, 2.24) is 25.3 Å². The van der Waals surface area contributed by atoms with Gasteiger partial charge >= 0.3 is 6.18 Å². The number of hydrogen-bond acceptors (Lipinski definition) is 5. The van der Waals surface area contributed by atoms with Crippen LogP contribution in [0.3, 0.4) is 0 Å². The van der Waals surface area contributed by atoms with Gasteiger partial charge in [0, 0.05) is 29.8 Å². The number of pyridine rings is 1. The summed E-state index contributed by atoms with van der Waals surface area (Å²) in [7, 11) is 0. The number of carbonyl (C=O) groups is 1. The number of aromatic amines is 1. The molecule has 0 aromatic carbocycles. The van der Waals surface area contributed by atoms with Crippen molar-refractivity contribution < 1.29 is 26.7 Å². The van der Waals surface area contributed by atoms with Crippen molar-refractivity contribution in [3.8, 4) is 11.4 Å². The number of nitrogens with one attached hydrogen (secondary N) is 2. The number of anilines is 1. The van der Waals surface area contributed by atoms with Crippen molar-refractivity contribution in [2.45, 2.75) is 24.8 Å². The number of aromatic nitrogens is 4. The Morgan fingerprint density at radius 1 is 1.33 bits per heavy atom. The normalized spacial score (nSPS) is 19.4. The maximum absolute atomic E-state index is 14.5. The van der Waals surface area contributed by atoms with E-state index in [4.69, 9.17) is 0 Å². The highest BCUT2D eigenvalue weighted by Gasteiger charge is 2.40. The smallest absolute Gasteiger partial charge is 0.345 e. The quantitative estimate of drug-likeness (QED) is 0.627. The van der Waals surface area contributed by atoms with Crippen LogP contribution in [0.5, 0.6) is 0 Å². The maximum Gasteiger partial charge on any atom is 0.405 e. The van der Waals surface area contributed by atoms with E-state index in [-0.39, 0.29) is 24.6 Å². The first-order valence-electron chi connectivity index (χ1n) is 8.93. The molecule has 1 saturated heterocycles. The topological polar surface area (TPSA) is 86.8 Å². The molecule has 1 aliphatic heterocycles. The largest absolute Gasteiger partial charge is 0.405 e. The van der Waals surface area contributed by atoms with Crippen molar-refractivity contribution in [3.63, 3.8) is 0 Å². The van der Waals surface area contributed by atoms with Crippen LogP contribution in [0, 0.1) is 5.82 Å². The fraction of sp³-hybridized carbons (Fsp3) is 0.333. The standard InChI is InChI=1S/C18H15F5N6O/c19-9-4-13(17(30)27-8-18(21,22)23)29(7-9)16-12(20)6-26-15(28-16)11-5-25-14-10(11)2-1-3-24-14/h1-3,5-6,9,13H,4,7-8H2,(H,24,25)(H,27,30)/t9-,13+/m0/s1. The fourth-order valence-corrected chi connectivity index (χ4v) is 3.40. The summed E-state index contributed by atoms with van der Waals surface area (Å²) in [5, 5.41) is 2.39. The van der Waals surface area contributed by atoms with Crippen molar-refractivity contribution in [3.05, 3.63) is 36.5 Å². The van der Waals surface area contributed by atoms with Crippen molar-refractivity contribution in [1.29, 1.82) is 0 Å². The highest BCUT2D eigenvalue weighted by Crippen LogP contribution is 2.31. The Hall–Kier alpha value is -3.31. The number of carbonyl (C=O) groups excluding carboxylic acids is 1. The first-order chi connectivity index (χ1) is 14.2. The van der Waals surface area contributed by atoms with Gasteiger partial charge < -0.3 is 15.2 Å². The Morgan fingerprint density at radius 3 is 2.90 bits per heavy atom. The van der Waals surface area contributed by atoms with Gasteiger partial charge in [-0.2, -0.15) is 13.2 Å². The van der Waals surface area contributed by atoms with Crippen molar-refractivity contribution in [2.24, 2.45) is 0 Å². The monoisotopic (exact) mass is 426 g/mol. The number of nitrogens with zero attached hydrogens (tertiary/aromatic N) is 4. The lowest BCUT2D eigenvalue weighted by Crippen LogP contribution is -2.46. The molecule has 2 N–H and O–H groups in total. The van der Waals surface area contributed by atoms with Gasteiger partial charge in [-0.25, -0.2) is 23.7 Å². The molecule has 4 rings (SSSR count). The molecular formula is C18H15F5N6O. The highest BCUT2D eigenvalue weighted by molar-refractivity contribution is 5.91. The van der Waals surface area contributed by atoms with Gasteiger partial charge in [0.1, 0.15) is 24.4 Å². The van der Waals surface area contributed by atoms with Crippen LogP contribution in [-0.4, -0.2) is 57.3 Å². The van der Waals surface area contributed by atoms with Gasteiger partial charge in [0.25, 0.3) is 0 Å². The summed E-state index contributed by atoms with van der Waals surface area (Å²) in [6, 6.07) is 2.12. The number of fused-ring (bicyclic) bond motifs is 1. The van der Waals surface area contributed by atoms with Crippen LogP contribution in [0.1, 0.15) is 6.42 Å². The molecule has 0 saturated carbocycles. The highest BCUT2D eigenvalue weighted by atomic mass is 19.4. The first-order valence-corrected chi connectivity index (χ1v) is 8.93. The second-order valence-corrected chi connectivity index (χ2v) is 6.80. The first kappa shape index (κ1) is 20.0. The lowest BCUT2D eigenvalue weighted by atomic mass is 10.2. The molecule has 158 valence electrons. The zero-order valence-electron chi connectivity index (χ0n) is 15.2. The van der Waals surface area contributed by atoms with Gasteiger partial charge in [-0.3, -0.25) is 4.79 Å². The minimum atomic E-state index is -4.62. The summed E-state index contributed by atoms with van der Waals surface area (Å²) in [6.45, 7) is -1.94. The van der Waals surface area contributed by atoms with E-state index in [9.17, 15) is 26.7 Å². The average molecular weight is 426 g/mol. The Kier molecular flexibility index (Phi) is 5.00. The van der Waals surface area contributed by atoms with Gasteiger partial charge in [0.2, 0.25) is 5.91 Å². The number of H-pyrrole nitrogens is 1. The van der Waals surface area contributed by atoms with Crippen LogP contribution < -0.4 is 10.2 Å². The van der Waals surface area contributed by atoms with Gasteiger partial charge in [-0.05, 0) is 12.1 Å². The summed E-state index contributed by atoms with van der Waals surface area (Å²) in [6.07, 6.45) is -2.49. The van der Waals surface area contributed by atoms with Crippen LogP contribution in [0.2, 0.25) is 0 Å². The van der Waals surface area contributed by atoms with Crippen LogP contribution in [0.4, 0.5) is 27.8 Å². The van der Waals surface area contributed by atoms with E-state index in [1.165, 1.54) is 0 Å². The zero-order chi connectivity index (χ0) is 21.5. The van der Waals surface area contributed by atoms with E-state index >= 15 is 0 Å². The second-order valence-electron chi connectivity index (χ2n) is 6.80. The Labute approximate surface area is 166 Å². The third-order valence-electron chi connectivity index (χ3n) is 4.71. The van der Waals surface area contributed by atoms with Crippen molar-refractivity contribution >= 4 is 22.8 Å². The lowest BCUT2D eigenvalue weighted by molar-refractivity contribution is -0.139. The average Bonchev–Trinajstić information content (AvgIpc) is 3.30. The fourth-order valence-electron chi connectivity index (χ4n) is 3.40. The molecule has 12 heteroatoms. The summed E-state index contributed by atoms with van der Waals surface area (Å²) >= 11 is 0. The summed E-state index contributed by atoms with van der Waals surface area (Å²) in [5.41, 5.74) is 1.06. The molecule has 7 nitrogen and oxygen atoms in total. The maximum atomic E-state index is 14.5. The van der Waals surface area contributed by atoms with E-state index in [1.807, 2.05) is 0 Å². The Balaban J connectivity index is 1.67. The number of rotatable bonds is 4. The molecule has 0 unspecified atom stereocenters. The third-order valence-corrected chi connectivity index (χ3v) is 4.71. The third kappa shape index (κ3) is 3.89. The molecule has 4 heterocycles. The molecule has 3 aromatic rings. The SMILES string of the molecule is O=C(NCC(F)(F)F)[C@H]1C[C@H](F)CN1c1nc(-c2c[nH]c3ncccc23)ncc1F. The van der Waals surface area contributed by atoms with Gasteiger partial charge in [0.05, 0.1) is 12.7 Å². The number of hydrogen-bond donors (Lipinski definition) is 2. The predicted octanol–water partition coefficient (Wildman–Crippen LogP) is 2.75. The van der Waals surface area contributed by atoms with Crippen molar-refractivity contribution in [2.75, 3.05) is 18.0 Å². The van der Waals surface area contributed by atoms with Crippen LogP contribution in [-0.2, 0) is 4.79 Å². The summed E-state index contributed by atoms with van der Waals surface area (Å²) in [4.78, 5) is 28.4. The van der Waals surface area contributed by atoms with E-state index in [1.54, 1.807) is 29.8 Å². The van der Waals surface area contributed by atoms with Gasteiger partial charge in [0.15, 0.2) is 17.5 Å². The van der Waals surface area contributed by atoms with Crippen LogP contribution >= 0.6 is 0 Å². The minimum absolute atomic E-state index is 0.0995. The Morgan fingerprint density at radius 2 is 2.13 bits per heavy atom. The zero-order valence-corrected chi connectivity index (χ0v) is 15.2. The molecule has 0 bridgehead atoms. The molecule has 0 spiro atoms. The Bertz CT molecular complexity index is 1080. The van der Waals surface area contributed by atoms with E-state index in [0.29, 0.717) is 16.6 Å².